The average molecular weight is 508 g/mol. The van der Waals surface area contributed by atoms with E-state index < -0.39 is 24.4 Å². The number of carbonyl (C=O) groups is 1. The summed E-state index contributed by atoms with van der Waals surface area (Å²) in [4.78, 5) is 25.1. The number of alkyl halides is 3. The molecule has 3 aliphatic rings. The van der Waals surface area contributed by atoms with Crippen molar-refractivity contribution in [1.29, 1.82) is 0 Å². The Kier molecular flexibility index (Phi) is 6.09. The molecule has 3 fully saturated rings. The third kappa shape index (κ3) is 4.72. The van der Waals surface area contributed by atoms with Gasteiger partial charge >= 0.3 is 12.2 Å². The molecule has 7 nitrogen and oxygen atoms in total. The normalized spacial score (nSPS) is 26.5. The molecule has 11 heteroatoms. The first-order valence-electron chi connectivity index (χ1n) is 12.1. The molecule has 1 spiro atoms. The van der Waals surface area contributed by atoms with E-state index in [0.717, 1.165) is 18.4 Å². The van der Waals surface area contributed by atoms with Crippen molar-refractivity contribution in [3.8, 4) is 5.88 Å². The van der Waals surface area contributed by atoms with E-state index in [9.17, 15) is 22.4 Å². The van der Waals surface area contributed by atoms with Gasteiger partial charge in [-0.1, -0.05) is 12.1 Å². The number of aromatic nitrogens is 2. The lowest BCUT2D eigenvalue weighted by Gasteiger charge is -2.48. The van der Waals surface area contributed by atoms with Crippen LogP contribution in [-0.2, 0) is 5.54 Å². The summed E-state index contributed by atoms with van der Waals surface area (Å²) in [5.41, 5.74) is 0.0602. The van der Waals surface area contributed by atoms with Gasteiger partial charge in [0.1, 0.15) is 17.3 Å². The Morgan fingerprint density at radius 2 is 1.92 bits per heavy atom. The Labute approximate surface area is 206 Å². The van der Waals surface area contributed by atoms with Gasteiger partial charge in [0.25, 0.3) is 0 Å². The maximum atomic E-state index is 14.0. The number of ether oxygens (including phenoxy) is 1. The molecule has 0 atom stereocenters. The first-order valence-corrected chi connectivity index (χ1v) is 12.1. The number of benzene rings is 1. The molecule has 1 N–H and O–H groups in total. The topological polar surface area (TPSA) is 70.6 Å². The molecule has 2 aliphatic carbocycles. The second-order valence-corrected chi connectivity index (χ2v) is 10.3. The number of amides is 2. The summed E-state index contributed by atoms with van der Waals surface area (Å²) >= 11 is 0. The van der Waals surface area contributed by atoms with Gasteiger partial charge in [0, 0.05) is 11.5 Å². The molecular weight excluding hydrogens is 478 g/mol. The molecule has 2 aromatic rings. The minimum atomic E-state index is -4.54. The van der Waals surface area contributed by atoms with Crippen molar-refractivity contribution in [2.75, 3.05) is 32.1 Å². The number of halogens is 4. The van der Waals surface area contributed by atoms with Crippen LogP contribution in [0.3, 0.4) is 0 Å². The second kappa shape index (κ2) is 8.86. The van der Waals surface area contributed by atoms with Crippen LogP contribution in [0.5, 0.6) is 5.88 Å². The molecule has 2 amide bonds. The zero-order valence-electron chi connectivity index (χ0n) is 20.2. The van der Waals surface area contributed by atoms with E-state index in [4.69, 9.17) is 4.74 Å². The zero-order chi connectivity index (χ0) is 25.7. The van der Waals surface area contributed by atoms with Crippen LogP contribution in [0.1, 0.15) is 55.8 Å². The van der Waals surface area contributed by atoms with E-state index in [1.54, 1.807) is 12.1 Å². The third-order valence-electron chi connectivity index (χ3n) is 7.69. The molecule has 2 saturated carbocycles. The van der Waals surface area contributed by atoms with E-state index in [0.29, 0.717) is 31.5 Å². The first kappa shape index (κ1) is 24.7. The van der Waals surface area contributed by atoms with Crippen LogP contribution in [0, 0.1) is 5.82 Å². The predicted molar refractivity (Wildman–Crippen MR) is 124 cm³/mol. The van der Waals surface area contributed by atoms with Gasteiger partial charge in [-0.2, -0.15) is 18.2 Å². The van der Waals surface area contributed by atoms with Gasteiger partial charge in [0.15, 0.2) is 6.61 Å². The van der Waals surface area contributed by atoms with Crippen LogP contribution in [0.25, 0.3) is 0 Å². The predicted octanol–water partition coefficient (Wildman–Crippen LogP) is 4.73. The van der Waals surface area contributed by atoms with E-state index in [2.05, 4.69) is 20.2 Å². The Bertz CT molecular complexity index is 1140. The van der Waals surface area contributed by atoms with Crippen molar-refractivity contribution in [1.82, 2.24) is 20.2 Å². The number of anilines is 1. The highest BCUT2D eigenvalue weighted by molar-refractivity contribution is 5.96. The summed E-state index contributed by atoms with van der Waals surface area (Å²) in [6.45, 7) is -1.24. The maximum absolute atomic E-state index is 14.0. The zero-order valence-corrected chi connectivity index (χ0v) is 20.2. The molecule has 0 bridgehead atoms. The van der Waals surface area contributed by atoms with Crippen molar-refractivity contribution >= 4 is 11.7 Å². The third-order valence-corrected chi connectivity index (χ3v) is 7.69. The first-order chi connectivity index (χ1) is 17.0. The smallest absolute Gasteiger partial charge is 0.422 e. The van der Waals surface area contributed by atoms with Crippen LogP contribution in [-0.4, -0.2) is 59.9 Å². The van der Waals surface area contributed by atoms with Crippen LogP contribution >= 0.6 is 0 Å². The minimum absolute atomic E-state index is 0.117. The number of nitrogens with zero attached hydrogens (tertiary/aromatic N) is 4. The van der Waals surface area contributed by atoms with Gasteiger partial charge in [-0.25, -0.2) is 14.2 Å². The van der Waals surface area contributed by atoms with Crippen LogP contribution in [0.15, 0.2) is 30.5 Å². The molecular formula is C25H29F4N5O2. The van der Waals surface area contributed by atoms with Gasteiger partial charge < -0.3 is 10.1 Å². The lowest BCUT2D eigenvalue weighted by molar-refractivity contribution is -0.154. The van der Waals surface area contributed by atoms with Gasteiger partial charge in [-0.3, -0.25) is 9.80 Å². The molecule has 2 heterocycles. The van der Waals surface area contributed by atoms with E-state index >= 15 is 0 Å². The van der Waals surface area contributed by atoms with Crippen molar-refractivity contribution < 1.29 is 27.1 Å². The Balaban J connectivity index is 1.38. The Morgan fingerprint density at radius 3 is 2.53 bits per heavy atom. The monoisotopic (exact) mass is 507 g/mol. The number of hydrogen-bond donors (Lipinski definition) is 1. The molecule has 36 heavy (non-hydrogen) atoms. The molecule has 194 valence electrons. The van der Waals surface area contributed by atoms with Gasteiger partial charge in [0.05, 0.1) is 18.3 Å². The Hall–Kier alpha value is -2.95. The molecule has 1 aliphatic heterocycles. The highest BCUT2D eigenvalue weighted by Gasteiger charge is 2.51. The van der Waals surface area contributed by atoms with Crippen LogP contribution in [0.2, 0.25) is 0 Å². The number of rotatable bonds is 6. The summed E-state index contributed by atoms with van der Waals surface area (Å²) in [7, 11) is 3.93. The molecule has 1 aromatic heterocycles. The van der Waals surface area contributed by atoms with E-state index in [-0.39, 0.29) is 35.4 Å². The van der Waals surface area contributed by atoms with Crippen molar-refractivity contribution in [2.24, 2.45) is 0 Å². The number of carbonyl (C=O) groups excluding carboxylic acids is 1. The Morgan fingerprint density at radius 1 is 1.19 bits per heavy atom. The fourth-order valence-corrected chi connectivity index (χ4v) is 5.45. The lowest BCUT2D eigenvalue weighted by Crippen LogP contribution is -2.54. The van der Waals surface area contributed by atoms with Crippen molar-refractivity contribution in [2.45, 2.75) is 61.7 Å². The summed E-state index contributed by atoms with van der Waals surface area (Å²) in [5.74, 6) is 0.0325. The van der Waals surface area contributed by atoms with E-state index in [1.165, 1.54) is 17.2 Å². The minimum Gasteiger partial charge on any atom is -0.466 e. The van der Waals surface area contributed by atoms with Gasteiger partial charge in [-0.05, 0) is 70.3 Å². The SMILES string of the molecule is CN(C)[C@]1(c2cccc(F)c2)CC[C@@]2(CC1)CN(c1cnc(C3CC3)nc1OCC(F)(F)F)C(=O)N2. The van der Waals surface area contributed by atoms with Gasteiger partial charge in [0.2, 0.25) is 5.88 Å². The lowest BCUT2D eigenvalue weighted by atomic mass is 9.69. The average Bonchev–Trinajstić information content (AvgIpc) is 3.62. The quantitative estimate of drug-likeness (QED) is 0.573. The molecule has 5 rings (SSSR count). The standard InChI is InChI=1S/C25H29F4N5O2/c1-33(2)24(17-4-3-5-18(26)12-17)10-8-23(9-11-24)14-34(22(35)32-23)19-13-30-20(16-6-7-16)31-21(19)36-15-25(27,28)29/h3-5,12-13,16H,6-11,14-15H2,1-2H3,(H,32,35)/t23-,24-. The van der Waals surface area contributed by atoms with Crippen molar-refractivity contribution in [3.63, 3.8) is 0 Å². The van der Waals surface area contributed by atoms with Gasteiger partial charge in [-0.15, -0.1) is 0 Å². The molecule has 1 saturated heterocycles. The fourth-order valence-electron chi connectivity index (χ4n) is 5.45. The summed E-state index contributed by atoms with van der Waals surface area (Å²) in [6.07, 6.45) is 1.19. The highest BCUT2D eigenvalue weighted by atomic mass is 19.4. The number of nitrogens with one attached hydrogen (secondary N) is 1. The summed E-state index contributed by atoms with van der Waals surface area (Å²) in [5, 5.41) is 3.07. The fraction of sp³-hybridized carbons (Fsp3) is 0.560. The van der Waals surface area contributed by atoms with E-state index in [1.807, 2.05) is 20.2 Å². The molecule has 1 aromatic carbocycles. The largest absolute Gasteiger partial charge is 0.466 e. The number of urea groups is 1. The molecule has 0 radical (unpaired) electrons. The molecule has 0 unspecified atom stereocenters. The maximum Gasteiger partial charge on any atom is 0.422 e. The van der Waals surface area contributed by atoms with Crippen molar-refractivity contribution in [3.05, 3.63) is 47.7 Å². The highest BCUT2D eigenvalue weighted by Crippen LogP contribution is 2.47. The summed E-state index contributed by atoms with van der Waals surface area (Å²) in [6, 6.07) is 6.18. The number of hydrogen-bond acceptors (Lipinski definition) is 5. The van der Waals surface area contributed by atoms with Crippen LogP contribution < -0.4 is 15.0 Å². The van der Waals surface area contributed by atoms with Crippen LogP contribution in [0.4, 0.5) is 28.0 Å². The summed E-state index contributed by atoms with van der Waals surface area (Å²) < 4.78 is 57.8. The second-order valence-electron chi connectivity index (χ2n) is 10.3.